The van der Waals surface area contributed by atoms with Crippen LogP contribution in [0.3, 0.4) is 0 Å². The highest BCUT2D eigenvalue weighted by Gasteiger charge is 2.16. The molecule has 2 rings (SSSR count). The number of hydrogen-bond acceptors (Lipinski definition) is 3. The lowest BCUT2D eigenvalue weighted by molar-refractivity contribution is 0.0846. The Hall–Kier alpha value is -2.67. The van der Waals surface area contributed by atoms with Crippen molar-refractivity contribution in [2.45, 2.75) is 6.92 Å². The molecule has 0 saturated carbocycles. The van der Waals surface area contributed by atoms with E-state index in [2.05, 4.69) is 10.9 Å². The zero-order valence-electron chi connectivity index (χ0n) is 12.5. The lowest BCUT2D eigenvalue weighted by Crippen LogP contribution is -2.41. The molecule has 0 aliphatic carbocycles. The van der Waals surface area contributed by atoms with Crippen LogP contribution in [-0.4, -0.2) is 18.4 Å². The van der Waals surface area contributed by atoms with Crippen molar-refractivity contribution in [2.75, 3.05) is 6.61 Å². The first kappa shape index (κ1) is 17.7. The van der Waals surface area contributed by atoms with Gasteiger partial charge in [0.15, 0.2) is 11.6 Å². The Balaban J connectivity index is 2.01. The largest absolute Gasteiger partial charge is 0.494 e. The smallest absolute Gasteiger partial charge is 0.271 e. The highest BCUT2D eigenvalue weighted by Crippen LogP contribution is 2.19. The Kier molecular flexibility index (Phi) is 5.70. The molecule has 24 heavy (non-hydrogen) atoms. The molecule has 2 N–H and O–H groups in total. The molecule has 0 spiro atoms. The van der Waals surface area contributed by atoms with E-state index in [9.17, 15) is 18.4 Å². The van der Waals surface area contributed by atoms with Gasteiger partial charge < -0.3 is 4.74 Å². The van der Waals surface area contributed by atoms with Crippen LogP contribution in [0.2, 0.25) is 5.02 Å². The molecule has 0 aliphatic rings. The topological polar surface area (TPSA) is 67.4 Å². The van der Waals surface area contributed by atoms with Gasteiger partial charge in [0.05, 0.1) is 17.2 Å². The molecular weight excluding hydrogens is 342 g/mol. The second kappa shape index (κ2) is 7.74. The van der Waals surface area contributed by atoms with E-state index in [-0.39, 0.29) is 16.1 Å². The quantitative estimate of drug-likeness (QED) is 0.655. The lowest BCUT2D eigenvalue weighted by atomic mass is 10.2. The highest BCUT2D eigenvalue weighted by molar-refractivity contribution is 6.33. The van der Waals surface area contributed by atoms with E-state index in [4.69, 9.17) is 16.3 Å². The van der Waals surface area contributed by atoms with Crippen LogP contribution in [0.25, 0.3) is 0 Å². The maximum atomic E-state index is 13.2. The molecule has 0 unspecified atom stereocenters. The fourth-order valence-electron chi connectivity index (χ4n) is 1.82. The number of amides is 2. The third-order valence-corrected chi connectivity index (χ3v) is 3.28. The minimum atomic E-state index is -1.22. The molecule has 5 nitrogen and oxygen atoms in total. The molecule has 0 heterocycles. The monoisotopic (exact) mass is 354 g/mol. The van der Waals surface area contributed by atoms with E-state index in [1.165, 1.54) is 12.1 Å². The summed E-state index contributed by atoms with van der Waals surface area (Å²) < 4.78 is 31.4. The summed E-state index contributed by atoms with van der Waals surface area (Å²) in [5.41, 5.74) is 4.21. The summed E-state index contributed by atoms with van der Waals surface area (Å²) in [7, 11) is 0. The van der Waals surface area contributed by atoms with Crippen LogP contribution in [0.5, 0.6) is 5.75 Å². The van der Waals surface area contributed by atoms with Crippen molar-refractivity contribution < 1.29 is 23.1 Å². The van der Waals surface area contributed by atoms with Gasteiger partial charge in [-0.1, -0.05) is 11.6 Å². The van der Waals surface area contributed by atoms with Crippen molar-refractivity contribution in [3.63, 3.8) is 0 Å². The normalized spacial score (nSPS) is 10.2. The first-order valence-electron chi connectivity index (χ1n) is 6.90. The first-order chi connectivity index (χ1) is 11.4. The number of nitrogens with one attached hydrogen (secondary N) is 2. The van der Waals surface area contributed by atoms with E-state index in [0.717, 1.165) is 0 Å². The van der Waals surface area contributed by atoms with Gasteiger partial charge in [-0.15, -0.1) is 0 Å². The van der Waals surface area contributed by atoms with E-state index in [1.54, 1.807) is 12.1 Å². The second-order valence-corrected chi connectivity index (χ2v) is 5.02. The average Bonchev–Trinajstić information content (AvgIpc) is 2.56. The summed E-state index contributed by atoms with van der Waals surface area (Å²) in [6.45, 7) is 2.33. The van der Waals surface area contributed by atoms with Crippen LogP contribution in [0.15, 0.2) is 36.4 Å². The number of carbonyl (C=O) groups is 2. The minimum absolute atomic E-state index is 0.273. The number of carbonyl (C=O) groups excluding carboxylic acids is 2. The Morgan fingerprint density at radius 2 is 1.62 bits per heavy atom. The molecule has 0 atom stereocenters. The van der Waals surface area contributed by atoms with Crippen molar-refractivity contribution in [2.24, 2.45) is 0 Å². The predicted molar refractivity (Wildman–Crippen MR) is 83.9 cm³/mol. The van der Waals surface area contributed by atoms with Crippen molar-refractivity contribution in [3.8, 4) is 5.75 Å². The number of rotatable bonds is 4. The van der Waals surface area contributed by atoms with Crippen LogP contribution < -0.4 is 15.6 Å². The second-order valence-electron chi connectivity index (χ2n) is 4.61. The highest BCUT2D eigenvalue weighted by atomic mass is 35.5. The van der Waals surface area contributed by atoms with Crippen LogP contribution in [0.4, 0.5) is 8.78 Å². The van der Waals surface area contributed by atoms with Crippen molar-refractivity contribution in [1.82, 2.24) is 10.9 Å². The van der Waals surface area contributed by atoms with Crippen LogP contribution in [0, 0.1) is 11.6 Å². The van der Waals surface area contributed by atoms with E-state index in [0.29, 0.717) is 24.5 Å². The number of benzene rings is 2. The molecule has 0 fully saturated rings. The minimum Gasteiger partial charge on any atom is -0.494 e. The maximum absolute atomic E-state index is 13.2. The Morgan fingerprint density at radius 1 is 1.04 bits per heavy atom. The molecule has 2 amide bonds. The van der Waals surface area contributed by atoms with Gasteiger partial charge in [-0.05, 0) is 43.3 Å². The molecule has 0 aliphatic heterocycles. The third-order valence-electron chi connectivity index (χ3n) is 2.97. The number of ether oxygens (including phenoxy) is 1. The fraction of sp³-hybridized carbons (Fsp3) is 0.125. The van der Waals surface area contributed by atoms with E-state index >= 15 is 0 Å². The molecule has 0 radical (unpaired) electrons. The molecule has 0 bridgehead atoms. The maximum Gasteiger partial charge on any atom is 0.271 e. The van der Waals surface area contributed by atoms with Gasteiger partial charge in [0.2, 0.25) is 0 Å². The number of halogens is 3. The number of hydrogen-bond donors (Lipinski definition) is 2. The molecule has 126 valence electrons. The Labute approximate surface area is 141 Å². The third kappa shape index (κ3) is 4.20. The SMILES string of the molecule is CCOc1ccc(C(=O)NNC(=O)c2cc(F)c(F)cc2Cl)cc1. The van der Waals surface area contributed by atoms with Gasteiger partial charge >= 0.3 is 0 Å². The van der Waals surface area contributed by atoms with Gasteiger partial charge in [-0.25, -0.2) is 8.78 Å². The molecule has 0 saturated heterocycles. The predicted octanol–water partition coefficient (Wildman–Crippen LogP) is 3.09. The molecule has 8 heteroatoms. The molecule has 2 aromatic carbocycles. The van der Waals surface area contributed by atoms with Gasteiger partial charge in [0.1, 0.15) is 5.75 Å². The van der Waals surface area contributed by atoms with E-state index < -0.39 is 23.4 Å². The summed E-state index contributed by atoms with van der Waals surface area (Å²) >= 11 is 5.68. The molecule has 2 aromatic rings. The van der Waals surface area contributed by atoms with Gasteiger partial charge in [-0.2, -0.15) is 0 Å². The van der Waals surface area contributed by atoms with Gasteiger partial charge in [0, 0.05) is 5.56 Å². The fourth-order valence-corrected chi connectivity index (χ4v) is 2.05. The van der Waals surface area contributed by atoms with Crippen molar-refractivity contribution in [3.05, 3.63) is 64.2 Å². The summed E-state index contributed by atoms with van der Waals surface area (Å²) in [4.78, 5) is 23.8. The molecular formula is C16H13ClF2N2O3. The standard InChI is InChI=1S/C16H13ClF2N2O3/c1-2-24-10-5-3-9(4-6-10)15(22)20-21-16(23)11-7-13(18)14(19)8-12(11)17/h3-8H,2H2,1H3,(H,20,22)(H,21,23). The zero-order chi connectivity index (χ0) is 17.7. The van der Waals surface area contributed by atoms with Gasteiger partial charge in [0.25, 0.3) is 11.8 Å². The summed E-state index contributed by atoms with van der Waals surface area (Å²) in [6, 6.07) is 7.56. The Bertz CT molecular complexity index is 767. The van der Waals surface area contributed by atoms with Gasteiger partial charge in [-0.3, -0.25) is 20.4 Å². The first-order valence-corrected chi connectivity index (χ1v) is 7.28. The summed E-state index contributed by atoms with van der Waals surface area (Å²) in [5.74, 6) is -3.26. The van der Waals surface area contributed by atoms with Crippen molar-refractivity contribution in [1.29, 1.82) is 0 Å². The summed E-state index contributed by atoms with van der Waals surface area (Å²) in [5, 5.41) is -0.276. The number of hydrazine groups is 1. The van der Waals surface area contributed by atoms with Crippen molar-refractivity contribution >= 4 is 23.4 Å². The lowest BCUT2D eigenvalue weighted by Gasteiger charge is -2.09. The Morgan fingerprint density at radius 3 is 2.25 bits per heavy atom. The van der Waals surface area contributed by atoms with E-state index in [1.807, 2.05) is 6.92 Å². The van der Waals surface area contributed by atoms with Crippen LogP contribution in [-0.2, 0) is 0 Å². The van der Waals surface area contributed by atoms with Crippen LogP contribution in [0.1, 0.15) is 27.6 Å². The average molecular weight is 355 g/mol. The molecule has 0 aromatic heterocycles. The zero-order valence-corrected chi connectivity index (χ0v) is 13.3. The van der Waals surface area contributed by atoms with Crippen LogP contribution >= 0.6 is 11.6 Å². The summed E-state index contributed by atoms with van der Waals surface area (Å²) in [6.07, 6.45) is 0.